The summed E-state index contributed by atoms with van der Waals surface area (Å²) in [6.45, 7) is 9.56. The van der Waals surface area contributed by atoms with Crippen molar-refractivity contribution in [3.8, 4) is 0 Å². The van der Waals surface area contributed by atoms with E-state index in [0.29, 0.717) is 5.76 Å². The van der Waals surface area contributed by atoms with Crippen molar-refractivity contribution in [1.29, 1.82) is 0 Å². The molecule has 0 atom stereocenters. The van der Waals surface area contributed by atoms with Crippen LogP contribution in [0.4, 0.5) is 0 Å². The number of hydrogen-bond donors (Lipinski definition) is 0. The third-order valence-corrected chi connectivity index (χ3v) is 2.03. The lowest BCUT2D eigenvalue weighted by atomic mass is 10.0. The van der Waals surface area contributed by atoms with Crippen molar-refractivity contribution in [2.75, 3.05) is 0 Å². The number of carbonyl (C=O) groups is 1. The first-order valence-corrected chi connectivity index (χ1v) is 5.38. The van der Waals surface area contributed by atoms with Crippen molar-refractivity contribution < 1.29 is 9.53 Å². The van der Waals surface area contributed by atoms with Gasteiger partial charge >= 0.3 is 5.97 Å². The van der Waals surface area contributed by atoms with E-state index in [-0.39, 0.29) is 5.97 Å². The van der Waals surface area contributed by atoms with Crippen molar-refractivity contribution in [2.24, 2.45) is 5.92 Å². The molecule has 0 rings (SSSR count). The molecule has 0 saturated heterocycles. The summed E-state index contributed by atoms with van der Waals surface area (Å²) in [6, 6.07) is 0. The molecule has 0 aromatic carbocycles. The summed E-state index contributed by atoms with van der Waals surface area (Å²) in [5.74, 6) is 1.12. The number of rotatable bonds is 7. The van der Waals surface area contributed by atoms with Gasteiger partial charge < -0.3 is 4.74 Å². The van der Waals surface area contributed by atoms with E-state index >= 15 is 0 Å². The van der Waals surface area contributed by atoms with Crippen LogP contribution in [-0.2, 0) is 9.53 Å². The van der Waals surface area contributed by atoms with Crippen LogP contribution in [0.1, 0.15) is 52.9 Å². The van der Waals surface area contributed by atoms with Crippen molar-refractivity contribution in [3.05, 3.63) is 12.3 Å². The lowest BCUT2D eigenvalue weighted by Crippen LogP contribution is -1.97. The van der Waals surface area contributed by atoms with Gasteiger partial charge in [-0.15, -0.1) is 0 Å². The first-order chi connectivity index (χ1) is 6.52. The van der Waals surface area contributed by atoms with Crippen LogP contribution in [0.3, 0.4) is 0 Å². The van der Waals surface area contributed by atoms with Crippen molar-refractivity contribution in [1.82, 2.24) is 0 Å². The van der Waals surface area contributed by atoms with E-state index in [4.69, 9.17) is 4.74 Å². The van der Waals surface area contributed by atoms with Crippen molar-refractivity contribution >= 4 is 5.97 Å². The molecule has 0 aliphatic rings. The molecule has 0 radical (unpaired) electrons. The summed E-state index contributed by atoms with van der Waals surface area (Å²) < 4.78 is 4.84. The molecule has 0 aromatic heterocycles. The van der Waals surface area contributed by atoms with Gasteiger partial charge in [0.25, 0.3) is 0 Å². The maximum atomic E-state index is 10.5. The number of allylic oxidation sites excluding steroid dienone is 1. The van der Waals surface area contributed by atoms with Crippen LogP contribution in [0.15, 0.2) is 12.3 Å². The first-order valence-electron chi connectivity index (χ1n) is 5.38. The molecule has 0 aromatic rings. The third kappa shape index (κ3) is 9.30. The van der Waals surface area contributed by atoms with Crippen LogP contribution in [0, 0.1) is 5.92 Å². The van der Waals surface area contributed by atoms with Crippen LogP contribution >= 0.6 is 0 Å². The van der Waals surface area contributed by atoms with Crippen molar-refractivity contribution in [2.45, 2.75) is 52.9 Å². The third-order valence-electron chi connectivity index (χ3n) is 2.03. The Labute approximate surface area is 87.3 Å². The second kappa shape index (κ2) is 7.60. The van der Waals surface area contributed by atoms with Gasteiger partial charge in [-0.05, 0) is 12.3 Å². The average Bonchev–Trinajstić information content (AvgIpc) is 2.01. The quantitative estimate of drug-likeness (QED) is 0.354. The standard InChI is InChI=1S/C12H22O2/c1-10(2)8-6-5-7-9-11(3)14-12(4)13/h10H,3,5-9H2,1-2,4H3. The Morgan fingerprint density at radius 1 is 1.29 bits per heavy atom. The summed E-state index contributed by atoms with van der Waals surface area (Å²) >= 11 is 0. The van der Waals surface area contributed by atoms with Crippen LogP contribution in [0.5, 0.6) is 0 Å². The van der Waals surface area contributed by atoms with E-state index in [1.165, 1.54) is 26.2 Å². The lowest BCUT2D eigenvalue weighted by Gasteiger charge is -2.06. The highest BCUT2D eigenvalue weighted by molar-refractivity contribution is 5.67. The van der Waals surface area contributed by atoms with Gasteiger partial charge in [-0.25, -0.2) is 0 Å². The summed E-state index contributed by atoms with van der Waals surface area (Å²) in [4.78, 5) is 10.5. The maximum absolute atomic E-state index is 10.5. The highest BCUT2D eigenvalue weighted by atomic mass is 16.5. The summed E-state index contributed by atoms with van der Waals surface area (Å²) in [7, 11) is 0. The summed E-state index contributed by atoms with van der Waals surface area (Å²) in [6.07, 6.45) is 5.60. The SMILES string of the molecule is C=C(CCCCCC(C)C)OC(C)=O. The van der Waals surface area contributed by atoms with E-state index in [1.807, 2.05) is 0 Å². The topological polar surface area (TPSA) is 26.3 Å². The molecule has 0 heterocycles. The van der Waals surface area contributed by atoms with E-state index in [1.54, 1.807) is 0 Å². The molecule has 0 aliphatic carbocycles. The fourth-order valence-electron chi connectivity index (χ4n) is 1.31. The van der Waals surface area contributed by atoms with E-state index in [9.17, 15) is 4.79 Å². The molecule has 0 saturated carbocycles. The molecule has 0 N–H and O–H groups in total. The first kappa shape index (κ1) is 13.2. The number of carbonyl (C=O) groups excluding carboxylic acids is 1. The predicted molar refractivity (Wildman–Crippen MR) is 58.8 cm³/mol. The minimum absolute atomic E-state index is 0.266. The Hall–Kier alpha value is -0.790. The zero-order chi connectivity index (χ0) is 11.0. The second-order valence-corrected chi connectivity index (χ2v) is 4.13. The fraction of sp³-hybridized carbons (Fsp3) is 0.750. The Bertz CT molecular complexity index is 183. The van der Waals surface area contributed by atoms with Gasteiger partial charge in [-0.1, -0.05) is 39.7 Å². The zero-order valence-corrected chi connectivity index (χ0v) is 9.64. The van der Waals surface area contributed by atoms with Gasteiger partial charge in [0.15, 0.2) is 0 Å². The largest absolute Gasteiger partial charge is 0.432 e. The second-order valence-electron chi connectivity index (χ2n) is 4.13. The molecule has 14 heavy (non-hydrogen) atoms. The van der Waals surface area contributed by atoms with Crippen LogP contribution in [0.25, 0.3) is 0 Å². The zero-order valence-electron chi connectivity index (χ0n) is 9.64. The van der Waals surface area contributed by atoms with Gasteiger partial charge in [0, 0.05) is 13.3 Å². The molecule has 0 bridgehead atoms. The van der Waals surface area contributed by atoms with Crippen LogP contribution < -0.4 is 0 Å². The molecule has 0 aliphatic heterocycles. The Balaban J connectivity index is 3.27. The van der Waals surface area contributed by atoms with E-state index in [0.717, 1.165) is 18.8 Å². The highest BCUT2D eigenvalue weighted by Gasteiger charge is 1.99. The Morgan fingerprint density at radius 3 is 2.43 bits per heavy atom. The highest BCUT2D eigenvalue weighted by Crippen LogP contribution is 2.12. The van der Waals surface area contributed by atoms with Gasteiger partial charge in [-0.3, -0.25) is 4.79 Å². The number of esters is 1. The summed E-state index contributed by atoms with van der Waals surface area (Å²) in [5, 5.41) is 0. The monoisotopic (exact) mass is 198 g/mol. The smallest absolute Gasteiger partial charge is 0.307 e. The molecule has 2 nitrogen and oxygen atoms in total. The molecule has 0 fully saturated rings. The molecule has 82 valence electrons. The number of unbranched alkanes of at least 4 members (excludes halogenated alkanes) is 2. The minimum atomic E-state index is -0.266. The minimum Gasteiger partial charge on any atom is -0.432 e. The van der Waals surface area contributed by atoms with Gasteiger partial charge in [0.2, 0.25) is 0 Å². The van der Waals surface area contributed by atoms with E-state index < -0.39 is 0 Å². The number of ether oxygens (including phenoxy) is 1. The average molecular weight is 198 g/mol. The predicted octanol–water partition coefficient (Wildman–Crippen LogP) is 3.67. The molecule has 0 amide bonds. The molecule has 0 unspecified atom stereocenters. The maximum Gasteiger partial charge on any atom is 0.307 e. The summed E-state index contributed by atoms with van der Waals surface area (Å²) in [5.41, 5.74) is 0. The molecule has 0 spiro atoms. The van der Waals surface area contributed by atoms with Gasteiger partial charge in [-0.2, -0.15) is 0 Å². The number of hydrogen-bond acceptors (Lipinski definition) is 2. The Morgan fingerprint density at radius 2 is 1.93 bits per heavy atom. The molecule has 2 heteroatoms. The van der Waals surface area contributed by atoms with Gasteiger partial charge in [0.1, 0.15) is 5.76 Å². The lowest BCUT2D eigenvalue weighted by molar-refractivity contribution is -0.137. The van der Waals surface area contributed by atoms with Crippen LogP contribution in [0.2, 0.25) is 0 Å². The Kier molecular flexibility index (Phi) is 7.17. The van der Waals surface area contributed by atoms with Gasteiger partial charge in [0.05, 0.1) is 0 Å². The van der Waals surface area contributed by atoms with E-state index in [2.05, 4.69) is 20.4 Å². The molecular weight excluding hydrogens is 176 g/mol. The van der Waals surface area contributed by atoms with Crippen LogP contribution in [-0.4, -0.2) is 5.97 Å². The molecular formula is C12H22O2. The fourth-order valence-corrected chi connectivity index (χ4v) is 1.31. The normalized spacial score (nSPS) is 10.3. The van der Waals surface area contributed by atoms with Crippen molar-refractivity contribution in [3.63, 3.8) is 0 Å².